The topological polar surface area (TPSA) is 58.2 Å². The summed E-state index contributed by atoms with van der Waals surface area (Å²) in [6, 6.07) is 15.4. The van der Waals surface area contributed by atoms with E-state index in [0.29, 0.717) is 6.42 Å². The molecule has 0 saturated heterocycles. The molecule has 24 heavy (non-hydrogen) atoms. The van der Waals surface area contributed by atoms with Crippen molar-refractivity contribution in [3.63, 3.8) is 0 Å². The standard InChI is InChI=1S/C20H22N2O2/c1-3-14-8-4-5-10-18(14)22-20(24)17-12-16(17)19(23)21-15-9-6-7-13(2)11-15/h4-11,16-17H,3,12H2,1-2H3,(H,21,23)(H,22,24). The average molecular weight is 322 g/mol. The maximum absolute atomic E-state index is 12.4. The molecule has 2 atom stereocenters. The van der Waals surface area contributed by atoms with Gasteiger partial charge in [0, 0.05) is 11.4 Å². The molecular formula is C20H22N2O2. The highest BCUT2D eigenvalue weighted by atomic mass is 16.2. The van der Waals surface area contributed by atoms with Crippen LogP contribution in [-0.2, 0) is 16.0 Å². The lowest BCUT2D eigenvalue weighted by Gasteiger charge is -2.09. The van der Waals surface area contributed by atoms with Gasteiger partial charge in [0.25, 0.3) is 0 Å². The Kier molecular flexibility index (Phi) is 4.65. The molecule has 1 aliphatic carbocycles. The summed E-state index contributed by atoms with van der Waals surface area (Å²) in [4.78, 5) is 24.7. The normalized spacial score (nSPS) is 18.8. The Morgan fingerprint density at radius 2 is 1.71 bits per heavy atom. The fourth-order valence-corrected chi connectivity index (χ4v) is 2.91. The van der Waals surface area contributed by atoms with Crippen LogP contribution in [0.2, 0.25) is 0 Å². The SMILES string of the molecule is CCc1ccccc1NC(=O)C1CC1C(=O)Nc1cccc(C)c1. The lowest BCUT2D eigenvalue weighted by atomic mass is 10.1. The monoisotopic (exact) mass is 322 g/mol. The summed E-state index contributed by atoms with van der Waals surface area (Å²) >= 11 is 0. The van der Waals surface area contributed by atoms with Gasteiger partial charge in [0.05, 0.1) is 11.8 Å². The molecule has 0 radical (unpaired) electrons. The number of hydrogen-bond donors (Lipinski definition) is 2. The van der Waals surface area contributed by atoms with E-state index in [0.717, 1.165) is 28.9 Å². The van der Waals surface area contributed by atoms with Crippen LogP contribution in [0.4, 0.5) is 11.4 Å². The number of hydrogen-bond acceptors (Lipinski definition) is 2. The van der Waals surface area contributed by atoms with Crippen molar-refractivity contribution in [1.29, 1.82) is 0 Å². The van der Waals surface area contributed by atoms with Gasteiger partial charge in [0.2, 0.25) is 11.8 Å². The first kappa shape index (κ1) is 16.2. The Morgan fingerprint density at radius 3 is 2.42 bits per heavy atom. The Hall–Kier alpha value is -2.62. The Balaban J connectivity index is 1.58. The van der Waals surface area contributed by atoms with E-state index in [9.17, 15) is 9.59 Å². The van der Waals surface area contributed by atoms with Crippen molar-refractivity contribution in [2.45, 2.75) is 26.7 Å². The molecule has 0 spiro atoms. The van der Waals surface area contributed by atoms with Gasteiger partial charge in [-0.1, -0.05) is 37.3 Å². The zero-order valence-electron chi connectivity index (χ0n) is 14.0. The molecule has 124 valence electrons. The van der Waals surface area contributed by atoms with Crippen molar-refractivity contribution in [3.05, 3.63) is 59.7 Å². The molecule has 0 heterocycles. The van der Waals surface area contributed by atoms with Gasteiger partial charge in [-0.15, -0.1) is 0 Å². The molecule has 2 aromatic carbocycles. The molecule has 2 aromatic rings. The smallest absolute Gasteiger partial charge is 0.228 e. The van der Waals surface area contributed by atoms with Crippen LogP contribution in [-0.4, -0.2) is 11.8 Å². The van der Waals surface area contributed by atoms with Crippen molar-refractivity contribution in [3.8, 4) is 0 Å². The molecule has 4 nitrogen and oxygen atoms in total. The molecule has 1 fully saturated rings. The summed E-state index contributed by atoms with van der Waals surface area (Å²) in [5, 5.41) is 5.86. The first-order valence-electron chi connectivity index (χ1n) is 8.34. The zero-order chi connectivity index (χ0) is 17.1. The van der Waals surface area contributed by atoms with Crippen LogP contribution in [0, 0.1) is 18.8 Å². The lowest BCUT2D eigenvalue weighted by Crippen LogP contribution is -2.21. The Morgan fingerprint density at radius 1 is 1.00 bits per heavy atom. The average Bonchev–Trinajstić information content (AvgIpc) is 3.36. The van der Waals surface area contributed by atoms with Gasteiger partial charge in [0.1, 0.15) is 0 Å². The first-order valence-corrected chi connectivity index (χ1v) is 8.34. The highest BCUT2D eigenvalue weighted by molar-refractivity contribution is 6.03. The Labute approximate surface area is 142 Å². The van der Waals surface area contributed by atoms with Crippen molar-refractivity contribution in [2.24, 2.45) is 11.8 Å². The number of benzene rings is 2. The van der Waals surface area contributed by atoms with E-state index < -0.39 is 0 Å². The summed E-state index contributed by atoms with van der Waals surface area (Å²) in [6.45, 7) is 4.04. The third-order valence-corrected chi connectivity index (χ3v) is 4.41. The quantitative estimate of drug-likeness (QED) is 0.880. The predicted octanol–water partition coefficient (Wildman–Crippen LogP) is 3.77. The van der Waals surface area contributed by atoms with Crippen LogP contribution in [0.25, 0.3) is 0 Å². The number of rotatable bonds is 5. The minimum Gasteiger partial charge on any atom is -0.326 e. The number of amides is 2. The fourth-order valence-electron chi connectivity index (χ4n) is 2.91. The third kappa shape index (κ3) is 3.65. The fraction of sp³-hybridized carbons (Fsp3) is 0.300. The minimum absolute atomic E-state index is 0.0692. The number of nitrogens with one attached hydrogen (secondary N) is 2. The van der Waals surface area contributed by atoms with E-state index in [2.05, 4.69) is 17.6 Å². The summed E-state index contributed by atoms with van der Waals surface area (Å²) in [7, 11) is 0. The number of carbonyl (C=O) groups is 2. The van der Waals surface area contributed by atoms with Crippen LogP contribution in [0.5, 0.6) is 0 Å². The molecular weight excluding hydrogens is 300 g/mol. The van der Waals surface area contributed by atoms with Gasteiger partial charge in [-0.25, -0.2) is 0 Å². The highest BCUT2D eigenvalue weighted by Crippen LogP contribution is 2.40. The summed E-state index contributed by atoms with van der Waals surface area (Å²) in [6.07, 6.45) is 1.47. The molecule has 0 bridgehead atoms. The van der Waals surface area contributed by atoms with Gasteiger partial charge >= 0.3 is 0 Å². The maximum Gasteiger partial charge on any atom is 0.228 e. The van der Waals surface area contributed by atoms with Crippen molar-refractivity contribution in [2.75, 3.05) is 10.6 Å². The predicted molar refractivity (Wildman–Crippen MR) is 95.9 cm³/mol. The third-order valence-electron chi connectivity index (χ3n) is 4.41. The number of anilines is 2. The van der Waals surface area contributed by atoms with E-state index in [1.165, 1.54) is 0 Å². The molecule has 3 rings (SSSR count). The minimum atomic E-state index is -0.237. The largest absolute Gasteiger partial charge is 0.326 e. The summed E-state index contributed by atoms with van der Waals surface area (Å²) in [5.41, 5.74) is 3.82. The van der Waals surface area contributed by atoms with Gasteiger partial charge in [-0.2, -0.15) is 0 Å². The van der Waals surface area contributed by atoms with E-state index in [1.807, 2.05) is 55.5 Å². The van der Waals surface area contributed by atoms with Crippen molar-refractivity contribution in [1.82, 2.24) is 0 Å². The molecule has 2 amide bonds. The van der Waals surface area contributed by atoms with Crippen LogP contribution >= 0.6 is 0 Å². The number of carbonyl (C=O) groups excluding carboxylic acids is 2. The first-order chi connectivity index (χ1) is 11.6. The molecule has 0 aromatic heterocycles. The molecule has 4 heteroatoms. The van der Waals surface area contributed by atoms with Gasteiger partial charge in [-0.3, -0.25) is 9.59 Å². The van der Waals surface area contributed by atoms with Gasteiger partial charge in [0.15, 0.2) is 0 Å². The van der Waals surface area contributed by atoms with E-state index in [4.69, 9.17) is 0 Å². The van der Waals surface area contributed by atoms with Gasteiger partial charge in [-0.05, 0) is 49.1 Å². The number of aryl methyl sites for hydroxylation is 2. The van der Waals surface area contributed by atoms with E-state index >= 15 is 0 Å². The van der Waals surface area contributed by atoms with Crippen molar-refractivity contribution >= 4 is 23.2 Å². The highest BCUT2D eigenvalue weighted by Gasteiger charge is 2.48. The number of para-hydroxylation sites is 1. The molecule has 2 unspecified atom stereocenters. The van der Waals surface area contributed by atoms with Crippen LogP contribution in [0.15, 0.2) is 48.5 Å². The summed E-state index contributed by atoms with van der Waals surface area (Å²) < 4.78 is 0. The second-order valence-electron chi connectivity index (χ2n) is 6.31. The van der Waals surface area contributed by atoms with E-state index in [-0.39, 0.29) is 23.7 Å². The Bertz CT molecular complexity index is 770. The molecule has 0 aliphatic heterocycles. The second-order valence-corrected chi connectivity index (χ2v) is 6.31. The molecule has 1 aliphatic rings. The lowest BCUT2D eigenvalue weighted by molar-refractivity contribution is -0.122. The second kappa shape index (κ2) is 6.87. The molecule has 1 saturated carbocycles. The van der Waals surface area contributed by atoms with Crippen LogP contribution in [0.1, 0.15) is 24.5 Å². The zero-order valence-corrected chi connectivity index (χ0v) is 14.0. The van der Waals surface area contributed by atoms with Crippen LogP contribution in [0.3, 0.4) is 0 Å². The summed E-state index contributed by atoms with van der Waals surface area (Å²) in [5.74, 6) is -0.621. The van der Waals surface area contributed by atoms with Gasteiger partial charge < -0.3 is 10.6 Å². The molecule has 2 N–H and O–H groups in total. The maximum atomic E-state index is 12.4. The van der Waals surface area contributed by atoms with E-state index in [1.54, 1.807) is 0 Å². The van der Waals surface area contributed by atoms with Crippen LogP contribution < -0.4 is 10.6 Å². The van der Waals surface area contributed by atoms with Crippen molar-refractivity contribution < 1.29 is 9.59 Å².